The average Bonchev–Trinajstić information content (AvgIpc) is 3.10. The molecular formula is C21H24N4O3. The van der Waals surface area contributed by atoms with Gasteiger partial charge in [0.2, 0.25) is 11.8 Å². The van der Waals surface area contributed by atoms with Crippen molar-refractivity contribution in [1.82, 2.24) is 20.2 Å². The summed E-state index contributed by atoms with van der Waals surface area (Å²) in [7, 11) is 1.57. The van der Waals surface area contributed by atoms with Crippen LogP contribution in [0.15, 0.2) is 54.6 Å². The molecule has 2 amide bonds. The molecule has 0 spiro atoms. The van der Waals surface area contributed by atoms with Crippen molar-refractivity contribution in [3.8, 4) is 5.69 Å². The highest BCUT2D eigenvalue weighted by Crippen LogP contribution is 2.22. The first-order valence-corrected chi connectivity index (χ1v) is 9.23. The van der Waals surface area contributed by atoms with Gasteiger partial charge in [-0.05, 0) is 24.3 Å². The summed E-state index contributed by atoms with van der Waals surface area (Å²) >= 11 is 0. The largest absolute Gasteiger partial charge is 0.383 e. The fraction of sp³-hybridized carbons (Fsp3) is 0.286. The van der Waals surface area contributed by atoms with Gasteiger partial charge in [-0.15, -0.1) is 0 Å². The first-order chi connectivity index (χ1) is 13.7. The van der Waals surface area contributed by atoms with E-state index in [0.29, 0.717) is 19.6 Å². The topological polar surface area (TPSA) is 85.2 Å². The first-order valence-electron chi connectivity index (χ1n) is 9.23. The number of ether oxygens (including phenoxy) is 1. The van der Waals surface area contributed by atoms with Crippen LogP contribution in [-0.4, -0.2) is 48.2 Å². The molecule has 7 heteroatoms. The number of amides is 2. The van der Waals surface area contributed by atoms with E-state index in [2.05, 4.69) is 15.2 Å². The number of benzene rings is 2. The molecule has 28 heavy (non-hydrogen) atoms. The number of imidazole rings is 1. The Bertz CT molecular complexity index is 937. The third-order valence-electron chi connectivity index (χ3n) is 4.29. The maximum absolute atomic E-state index is 12.2. The third-order valence-corrected chi connectivity index (χ3v) is 4.29. The maximum Gasteiger partial charge on any atom is 0.239 e. The molecule has 0 aliphatic heterocycles. The van der Waals surface area contributed by atoms with Crippen molar-refractivity contribution in [2.24, 2.45) is 0 Å². The Balaban J connectivity index is 1.64. The number of aryl methyl sites for hydroxylation is 1. The van der Waals surface area contributed by atoms with Gasteiger partial charge in [-0.1, -0.05) is 30.3 Å². The third kappa shape index (κ3) is 4.95. The molecule has 7 nitrogen and oxygen atoms in total. The number of aromatic nitrogens is 2. The molecule has 2 N–H and O–H groups in total. The number of hydrogen-bond donors (Lipinski definition) is 2. The molecule has 1 heterocycles. The van der Waals surface area contributed by atoms with E-state index < -0.39 is 0 Å². The molecule has 0 saturated carbocycles. The number of hydrogen-bond acceptors (Lipinski definition) is 4. The van der Waals surface area contributed by atoms with E-state index in [1.54, 1.807) is 7.11 Å². The Morgan fingerprint density at radius 1 is 1.00 bits per heavy atom. The predicted molar refractivity (Wildman–Crippen MR) is 107 cm³/mol. The molecule has 0 bridgehead atoms. The van der Waals surface area contributed by atoms with Crippen LogP contribution in [0, 0.1) is 0 Å². The van der Waals surface area contributed by atoms with Crippen LogP contribution >= 0.6 is 0 Å². The normalized spacial score (nSPS) is 10.8. The van der Waals surface area contributed by atoms with E-state index in [9.17, 15) is 9.59 Å². The summed E-state index contributed by atoms with van der Waals surface area (Å²) in [6, 6.07) is 17.8. The number of rotatable bonds is 9. The molecule has 0 unspecified atom stereocenters. The number of fused-ring (bicyclic) bond motifs is 1. The quantitative estimate of drug-likeness (QED) is 0.555. The smallest absolute Gasteiger partial charge is 0.239 e. The van der Waals surface area contributed by atoms with Crippen LogP contribution in [0.2, 0.25) is 0 Å². The lowest BCUT2D eigenvalue weighted by Crippen LogP contribution is -2.38. The van der Waals surface area contributed by atoms with E-state index in [4.69, 9.17) is 9.72 Å². The molecule has 0 fully saturated rings. The summed E-state index contributed by atoms with van der Waals surface area (Å²) in [6.07, 6.45) is 0.724. The highest BCUT2D eigenvalue weighted by molar-refractivity contribution is 5.85. The number of methoxy groups -OCH3 is 1. The molecule has 0 radical (unpaired) electrons. The van der Waals surface area contributed by atoms with Gasteiger partial charge in [-0.2, -0.15) is 0 Å². The summed E-state index contributed by atoms with van der Waals surface area (Å²) in [6.45, 7) is 0.819. The van der Waals surface area contributed by atoms with Gasteiger partial charge in [0.15, 0.2) is 0 Å². The second kappa shape index (κ2) is 9.66. The van der Waals surface area contributed by atoms with E-state index >= 15 is 0 Å². The van der Waals surface area contributed by atoms with Gasteiger partial charge in [0, 0.05) is 32.2 Å². The lowest BCUT2D eigenvalue weighted by atomic mass is 10.2. The molecule has 0 aliphatic rings. The Hall–Kier alpha value is -3.19. The molecule has 0 saturated heterocycles. The van der Waals surface area contributed by atoms with E-state index in [1.807, 2.05) is 54.6 Å². The molecule has 2 aromatic carbocycles. The molecule has 146 valence electrons. The molecule has 0 atom stereocenters. The van der Waals surface area contributed by atoms with Crippen LogP contribution in [0.5, 0.6) is 0 Å². The first kappa shape index (κ1) is 19.6. The second-order valence-corrected chi connectivity index (χ2v) is 6.31. The van der Waals surface area contributed by atoms with Crippen LogP contribution < -0.4 is 10.6 Å². The average molecular weight is 380 g/mol. The second-order valence-electron chi connectivity index (χ2n) is 6.31. The Labute approximate surface area is 163 Å². The zero-order valence-corrected chi connectivity index (χ0v) is 15.9. The molecule has 0 aliphatic carbocycles. The van der Waals surface area contributed by atoms with Crippen molar-refractivity contribution < 1.29 is 14.3 Å². The van der Waals surface area contributed by atoms with Gasteiger partial charge in [0.05, 0.1) is 24.2 Å². The monoisotopic (exact) mass is 380 g/mol. The summed E-state index contributed by atoms with van der Waals surface area (Å²) < 4.78 is 6.94. The van der Waals surface area contributed by atoms with Gasteiger partial charge in [-0.25, -0.2) is 4.98 Å². The number of nitrogens with zero attached hydrogens (tertiary/aromatic N) is 2. The van der Waals surface area contributed by atoms with Crippen molar-refractivity contribution in [1.29, 1.82) is 0 Å². The zero-order valence-electron chi connectivity index (χ0n) is 15.9. The molecule has 3 rings (SSSR count). The number of nitrogens with one attached hydrogen (secondary N) is 2. The molecular weight excluding hydrogens is 356 g/mol. The summed E-state index contributed by atoms with van der Waals surface area (Å²) in [5.41, 5.74) is 2.89. The van der Waals surface area contributed by atoms with Crippen molar-refractivity contribution in [3.05, 3.63) is 60.4 Å². The lowest BCUT2D eigenvalue weighted by Gasteiger charge is -2.10. The van der Waals surface area contributed by atoms with E-state index in [0.717, 1.165) is 22.5 Å². The minimum absolute atomic E-state index is 0.0440. The van der Waals surface area contributed by atoms with Crippen LogP contribution in [0.3, 0.4) is 0 Å². The van der Waals surface area contributed by atoms with E-state index in [1.165, 1.54) is 0 Å². The fourth-order valence-electron chi connectivity index (χ4n) is 2.96. The lowest BCUT2D eigenvalue weighted by molar-refractivity contribution is -0.126. The standard InChI is InChI=1S/C21H24N4O3/c1-28-14-13-22-21(27)15-23-20(26)12-11-19-24-17-9-5-6-10-18(17)25(19)16-7-3-2-4-8-16/h2-10H,11-15H2,1H3,(H,22,27)(H,23,26). The summed E-state index contributed by atoms with van der Waals surface area (Å²) in [4.78, 5) is 28.5. The fourth-order valence-corrected chi connectivity index (χ4v) is 2.96. The highest BCUT2D eigenvalue weighted by atomic mass is 16.5. The van der Waals surface area contributed by atoms with Gasteiger partial charge in [0.1, 0.15) is 5.82 Å². The van der Waals surface area contributed by atoms with Crippen LogP contribution in [0.4, 0.5) is 0 Å². The Morgan fingerprint density at radius 2 is 1.75 bits per heavy atom. The van der Waals surface area contributed by atoms with Crippen molar-refractivity contribution in [2.45, 2.75) is 12.8 Å². The van der Waals surface area contributed by atoms with Crippen LogP contribution in [-0.2, 0) is 20.7 Å². The number of carbonyl (C=O) groups excluding carboxylic acids is 2. The van der Waals surface area contributed by atoms with Crippen molar-refractivity contribution in [2.75, 3.05) is 26.8 Å². The molecule has 1 aromatic heterocycles. The van der Waals surface area contributed by atoms with E-state index in [-0.39, 0.29) is 24.8 Å². The maximum atomic E-state index is 12.2. The van der Waals surface area contributed by atoms with Crippen LogP contribution in [0.1, 0.15) is 12.2 Å². The van der Waals surface area contributed by atoms with Crippen molar-refractivity contribution in [3.63, 3.8) is 0 Å². The minimum atomic E-state index is -0.234. The van der Waals surface area contributed by atoms with Gasteiger partial charge in [-0.3, -0.25) is 14.2 Å². The highest BCUT2D eigenvalue weighted by Gasteiger charge is 2.14. The van der Waals surface area contributed by atoms with Crippen molar-refractivity contribution >= 4 is 22.8 Å². The summed E-state index contributed by atoms with van der Waals surface area (Å²) in [5, 5.41) is 5.31. The number of para-hydroxylation sites is 3. The van der Waals surface area contributed by atoms with Gasteiger partial charge in [0.25, 0.3) is 0 Å². The predicted octanol–water partition coefficient (Wildman–Crippen LogP) is 1.84. The van der Waals surface area contributed by atoms with Gasteiger partial charge < -0.3 is 15.4 Å². The minimum Gasteiger partial charge on any atom is -0.383 e. The Kier molecular flexibility index (Phi) is 6.75. The SMILES string of the molecule is COCCNC(=O)CNC(=O)CCc1nc2ccccc2n1-c1ccccc1. The van der Waals surface area contributed by atoms with Gasteiger partial charge >= 0.3 is 0 Å². The van der Waals surface area contributed by atoms with Crippen LogP contribution in [0.25, 0.3) is 16.7 Å². The number of carbonyl (C=O) groups is 2. The molecule has 3 aromatic rings. The summed E-state index contributed by atoms with van der Waals surface area (Å²) in [5.74, 6) is 0.391. The Morgan fingerprint density at radius 3 is 2.54 bits per heavy atom. The zero-order chi connectivity index (χ0) is 19.8.